The number of thioether (sulfide) groups is 1. The number of carbonyl (C=O) groups excluding carboxylic acids is 1. The number of benzene rings is 1. The van der Waals surface area contributed by atoms with Crippen LogP contribution >= 0.6 is 11.8 Å². The summed E-state index contributed by atoms with van der Waals surface area (Å²) < 4.78 is 11.0. The highest BCUT2D eigenvalue weighted by Gasteiger charge is 2.29. The average Bonchev–Trinajstić information content (AvgIpc) is 2.68. The van der Waals surface area contributed by atoms with Crippen molar-refractivity contribution in [3.8, 4) is 5.75 Å². The molecule has 1 fully saturated rings. The Balaban J connectivity index is 2.12. The Bertz CT molecular complexity index is 581. The van der Waals surface area contributed by atoms with Crippen LogP contribution in [0.15, 0.2) is 23.1 Å². The van der Waals surface area contributed by atoms with Crippen LogP contribution in [0.25, 0.3) is 0 Å². The number of amides is 1. The molecule has 1 heterocycles. The van der Waals surface area contributed by atoms with Gasteiger partial charge in [-0.25, -0.2) is 4.79 Å². The number of nitrogens with zero attached hydrogens (tertiary/aromatic N) is 1. The summed E-state index contributed by atoms with van der Waals surface area (Å²) in [4.78, 5) is 15.4. The zero-order valence-electron chi connectivity index (χ0n) is 16.6. The van der Waals surface area contributed by atoms with E-state index >= 15 is 0 Å². The third kappa shape index (κ3) is 6.92. The van der Waals surface area contributed by atoms with E-state index in [1.807, 2.05) is 17.9 Å². The van der Waals surface area contributed by atoms with Crippen molar-refractivity contribution in [3.63, 3.8) is 0 Å². The fourth-order valence-electron chi connectivity index (χ4n) is 3.16. The van der Waals surface area contributed by atoms with Crippen molar-refractivity contribution in [2.75, 3.05) is 26.4 Å². The molecule has 27 heavy (non-hydrogen) atoms. The first kappa shape index (κ1) is 21.9. The normalized spacial score (nSPS) is 17.0. The number of likely N-dealkylation sites (tertiary alicyclic amines) is 1. The van der Waals surface area contributed by atoms with Gasteiger partial charge in [-0.15, -0.1) is 11.8 Å². The molecule has 1 amide bonds. The Morgan fingerprint density at radius 2 is 2.15 bits per heavy atom. The van der Waals surface area contributed by atoms with Gasteiger partial charge in [0.1, 0.15) is 5.75 Å². The summed E-state index contributed by atoms with van der Waals surface area (Å²) in [6.07, 6.45) is 6.87. The molecule has 0 aliphatic carbocycles. The summed E-state index contributed by atoms with van der Waals surface area (Å²) in [6, 6.07) is 6.22. The maximum Gasteiger partial charge on any atom is 0.410 e. The van der Waals surface area contributed by atoms with Crippen molar-refractivity contribution < 1.29 is 19.4 Å². The molecule has 1 atom stereocenters. The first-order valence-electron chi connectivity index (χ1n) is 10.2. The van der Waals surface area contributed by atoms with Crippen molar-refractivity contribution in [3.05, 3.63) is 23.8 Å². The van der Waals surface area contributed by atoms with Crippen LogP contribution in [0.3, 0.4) is 0 Å². The predicted molar refractivity (Wildman–Crippen MR) is 109 cm³/mol. The van der Waals surface area contributed by atoms with Gasteiger partial charge in [0.25, 0.3) is 0 Å². The molecule has 1 aliphatic heterocycles. The number of hydrogen-bond acceptors (Lipinski definition) is 5. The molecule has 1 aromatic carbocycles. The van der Waals surface area contributed by atoms with E-state index in [4.69, 9.17) is 14.6 Å². The number of aryl methyl sites for hydroxylation is 1. The standard InChI is InChI=1S/C21H33NO4S/c1-3-5-9-17-16-18(26-15-8-14-23)11-12-19(17)27-20-10-6-7-13-22(20)21(24)25-4-2/h11-12,16,20,23H,3-10,13-15H2,1-2H3. The second-order valence-electron chi connectivity index (χ2n) is 6.76. The largest absolute Gasteiger partial charge is 0.493 e. The number of ether oxygens (including phenoxy) is 2. The minimum Gasteiger partial charge on any atom is -0.493 e. The van der Waals surface area contributed by atoms with Crippen molar-refractivity contribution in [1.82, 2.24) is 4.90 Å². The molecule has 2 rings (SSSR count). The molecule has 1 saturated heterocycles. The highest BCUT2D eigenvalue weighted by molar-refractivity contribution is 8.00. The van der Waals surface area contributed by atoms with Gasteiger partial charge in [-0.2, -0.15) is 0 Å². The topological polar surface area (TPSA) is 59.0 Å². The van der Waals surface area contributed by atoms with Gasteiger partial charge >= 0.3 is 6.09 Å². The lowest BCUT2D eigenvalue weighted by atomic mass is 10.1. The van der Waals surface area contributed by atoms with Crippen molar-refractivity contribution in [2.45, 2.75) is 69.1 Å². The van der Waals surface area contributed by atoms with E-state index < -0.39 is 0 Å². The molecule has 0 saturated carbocycles. The quantitative estimate of drug-likeness (QED) is 0.574. The third-order valence-electron chi connectivity index (χ3n) is 4.62. The smallest absolute Gasteiger partial charge is 0.410 e. The maximum absolute atomic E-state index is 12.3. The number of carbonyl (C=O) groups is 1. The highest BCUT2D eigenvalue weighted by Crippen LogP contribution is 2.36. The van der Waals surface area contributed by atoms with Gasteiger partial charge in [0.2, 0.25) is 0 Å². The summed E-state index contributed by atoms with van der Waals surface area (Å²) in [5.74, 6) is 0.852. The molecule has 1 N–H and O–H groups in total. The van der Waals surface area contributed by atoms with E-state index in [9.17, 15) is 4.79 Å². The molecule has 0 aromatic heterocycles. The number of hydrogen-bond donors (Lipinski definition) is 1. The second-order valence-corrected chi connectivity index (χ2v) is 7.98. The number of piperidine rings is 1. The summed E-state index contributed by atoms with van der Waals surface area (Å²) >= 11 is 1.77. The Morgan fingerprint density at radius 3 is 2.89 bits per heavy atom. The maximum atomic E-state index is 12.3. The fourth-order valence-corrected chi connectivity index (χ4v) is 4.52. The minimum atomic E-state index is -0.200. The molecule has 0 radical (unpaired) electrons. The Hall–Kier alpha value is -1.40. The molecule has 152 valence electrons. The average molecular weight is 396 g/mol. The van der Waals surface area contributed by atoms with Gasteiger partial charge < -0.3 is 14.6 Å². The molecule has 6 heteroatoms. The van der Waals surface area contributed by atoms with Crippen molar-refractivity contribution in [2.24, 2.45) is 0 Å². The number of aliphatic hydroxyl groups is 1. The number of unbranched alkanes of at least 4 members (excludes halogenated alkanes) is 1. The summed E-state index contributed by atoms with van der Waals surface area (Å²) in [5.41, 5.74) is 1.28. The van der Waals surface area contributed by atoms with Gasteiger partial charge in [-0.1, -0.05) is 13.3 Å². The zero-order chi connectivity index (χ0) is 19.5. The minimum absolute atomic E-state index is 0.124. The molecular weight excluding hydrogens is 362 g/mol. The Labute approximate surface area is 167 Å². The first-order chi connectivity index (χ1) is 13.2. The van der Waals surface area contributed by atoms with Gasteiger partial charge in [-0.05, 0) is 62.8 Å². The van der Waals surface area contributed by atoms with Gasteiger partial charge in [-0.3, -0.25) is 4.90 Å². The van der Waals surface area contributed by atoms with Crippen LogP contribution in [0.1, 0.15) is 57.9 Å². The Kier molecular flexibility index (Phi) is 9.84. The monoisotopic (exact) mass is 395 g/mol. The van der Waals surface area contributed by atoms with E-state index in [1.54, 1.807) is 11.8 Å². The molecule has 5 nitrogen and oxygen atoms in total. The third-order valence-corrected chi connectivity index (χ3v) is 6.03. The predicted octanol–water partition coefficient (Wildman–Crippen LogP) is 4.85. The molecule has 0 spiro atoms. The van der Waals surface area contributed by atoms with Crippen LogP contribution in [-0.4, -0.2) is 47.8 Å². The van der Waals surface area contributed by atoms with Gasteiger partial charge in [0.05, 0.1) is 18.6 Å². The fraction of sp³-hybridized carbons (Fsp3) is 0.667. The zero-order valence-corrected chi connectivity index (χ0v) is 17.4. The summed E-state index contributed by atoms with van der Waals surface area (Å²) in [5, 5.41) is 9.05. The van der Waals surface area contributed by atoms with Crippen LogP contribution in [0.4, 0.5) is 4.79 Å². The van der Waals surface area contributed by atoms with Gasteiger partial charge in [0, 0.05) is 24.5 Å². The summed E-state index contributed by atoms with van der Waals surface area (Å²) in [6.45, 7) is 5.88. The van der Waals surface area contributed by atoms with Crippen LogP contribution in [-0.2, 0) is 11.2 Å². The van der Waals surface area contributed by atoms with E-state index in [2.05, 4.69) is 19.1 Å². The van der Waals surface area contributed by atoms with E-state index in [1.165, 1.54) is 10.5 Å². The van der Waals surface area contributed by atoms with Crippen LogP contribution in [0.5, 0.6) is 5.75 Å². The van der Waals surface area contributed by atoms with E-state index in [0.29, 0.717) is 19.6 Å². The number of aliphatic hydroxyl groups excluding tert-OH is 1. The lowest BCUT2D eigenvalue weighted by molar-refractivity contribution is 0.0941. The molecule has 1 aliphatic rings. The van der Waals surface area contributed by atoms with Crippen LogP contribution in [0, 0.1) is 0 Å². The molecule has 1 aromatic rings. The highest BCUT2D eigenvalue weighted by atomic mass is 32.2. The van der Waals surface area contributed by atoms with Crippen LogP contribution in [0.2, 0.25) is 0 Å². The molecule has 0 bridgehead atoms. The Morgan fingerprint density at radius 1 is 1.30 bits per heavy atom. The lowest BCUT2D eigenvalue weighted by Gasteiger charge is -2.34. The molecule has 1 unspecified atom stereocenters. The van der Waals surface area contributed by atoms with Crippen molar-refractivity contribution >= 4 is 17.9 Å². The second kappa shape index (κ2) is 12.1. The lowest BCUT2D eigenvalue weighted by Crippen LogP contribution is -2.42. The van der Waals surface area contributed by atoms with E-state index in [0.717, 1.165) is 50.8 Å². The van der Waals surface area contributed by atoms with Crippen molar-refractivity contribution in [1.29, 1.82) is 0 Å². The SMILES string of the molecule is CCCCc1cc(OCCCO)ccc1SC1CCCCN1C(=O)OCC. The van der Waals surface area contributed by atoms with Gasteiger partial charge in [0.15, 0.2) is 0 Å². The first-order valence-corrected chi connectivity index (χ1v) is 11.0. The van der Waals surface area contributed by atoms with E-state index in [-0.39, 0.29) is 18.1 Å². The molecular formula is C21H33NO4S. The van der Waals surface area contributed by atoms with Crippen LogP contribution < -0.4 is 4.74 Å². The summed E-state index contributed by atoms with van der Waals surface area (Å²) in [7, 11) is 0. The number of rotatable bonds is 10.